The average molecular weight is 262 g/mol. The van der Waals surface area contributed by atoms with Crippen molar-refractivity contribution in [2.75, 3.05) is 11.9 Å². The zero-order valence-corrected chi connectivity index (χ0v) is 11.1. The Bertz CT molecular complexity index is 412. The second-order valence-electron chi connectivity index (χ2n) is 5.18. The lowest BCUT2D eigenvalue weighted by Crippen LogP contribution is -2.37. The molecule has 2 rings (SSSR count). The molecule has 1 aliphatic rings. The highest BCUT2D eigenvalue weighted by molar-refractivity contribution is 5.92. The number of nitrogens with two attached hydrogens (primary N) is 2. The van der Waals surface area contributed by atoms with Crippen LogP contribution in [-0.4, -0.2) is 23.5 Å². The molecule has 1 aromatic rings. The number of aromatic nitrogens is 1. The quantitative estimate of drug-likeness (QED) is 0.749. The molecule has 1 atom stereocenters. The highest BCUT2D eigenvalue weighted by atomic mass is 16.1. The van der Waals surface area contributed by atoms with Crippen LogP contribution in [0.5, 0.6) is 0 Å². The van der Waals surface area contributed by atoms with Crippen LogP contribution in [0.15, 0.2) is 18.3 Å². The SMILES string of the molecule is NCC(Nc1ccc(C(N)=O)cn1)C1CCCCC1. The minimum Gasteiger partial charge on any atom is -0.366 e. The summed E-state index contributed by atoms with van der Waals surface area (Å²) in [6.07, 6.45) is 7.87. The molecule has 1 aromatic heterocycles. The van der Waals surface area contributed by atoms with E-state index in [1.807, 2.05) is 0 Å². The first-order valence-electron chi connectivity index (χ1n) is 6.93. The van der Waals surface area contributed by atoms with Crippen LogP contribution in [-0.2, 0) is 0 Å². The van der Waals surface area contributed by atoms with Crippen molar-refractivity contribution < 1.29 is 4.79 Å². The molecule has 5 N–H and O–H groups in total. The van der Waals surface area contributed by atoms with E-state index in [1.54, 1.807) is 12.1 Å². The Morgan fingerprint density at radius 3 is 2.63 bits per heavy atom. The molecule has 5 nitrogen and oxygen atoms in total. The van der Waals surface area contributed by atoms with Gasteiger partial charge in [-0.2, -0.15) is 0 Å². The number of rotatable bonds is 5. The van der Waals surface area contributed by atoms with Gasteiger partial charge in [0.25, 0.3) is 0 Å². The smallest absolute Gasteiger partial charge is 0.250 e. The summed E-state index contributed by atoms with van der Waals surface area (Å²) in [6.45, 7) is 0.601. The molecule has 1 fully saturated rings. The van der Waals surface area contributed by atoms with E-state index in [0.29, 0.717) is 18.0 Å². The molecular weight excluding hydrogens is 240 g/mol. The van der Waals surface area contributed by atoms with Crippen LogP contribution in [0.1, 0.15) is 42.5 Å². The fourth-order valence-corrected chi connectivity index (χ4v) is 2.72. The molecule has 1 amide bonds. The predicted molar refractivity (Wildman–Crippen MR) is 75.8 cm³/mol. The van der Waals surface area contributed by atoms with Crippen LogP contribution in [0.2, 0.25) is 0 Å². The number of nitrogens with zero attached hydrogens (tertiary/aromatic N) is 1. The van der Waals surface area contributed by atoms with Gasteiger partial charge in [0.05, 0.1) is 5.56 Å². The maximum atomic E-state index is 11.0. The normalized spacial score (nSPS) is 17.9. The first-order valence-corrected chi connectivity index (χ1v) is 6.93. The first kappa shape index (κ1) is 13.8. The van der Waals surface area contributed by atoms with Gasteiger partial charge in [-0.25, -0.2) is 4.98 Å². The number of hydrogen-bond donors (Lipinski definition) is 3. The molecule has 0 aliphatic heterocycles. The van der Waals surface area contributed by atoms with Crippen LogP contribution in [0, 0.1) is 5.92 Å². The molecule has 104 valence electrons. The van der Waals surface area contributed by atoms with E-state index in [2.05, 4.69) is 10.3 Å². The Kier molecular flexibility index (Phi) is 4.74. The molecule has 0 spiro atoms. The number of hydrogen-bond acceptors (Lipinski definition) is 4. The van der Waals surface area contributed by atoms with Gasteiger partial charge in [-0.3, -0.25) is 4.79 Å². The lowest BCUT2D eigenvalue weighted by molar-refractivity contribution is 0.1000. The summed E-state index contributed by atoms with van der Waals surface area (Å²) in [4.78, 5) is 15.2. The maximum Gasteiger partial charge on any atom is 0.250 e. The van der Waals surface area contributed by atoms with E-state index < -0.39 is 5.91 Å². The van der Waals surface area contributed by atoms with E-state index in [1.165, 1.54) is 38.3 Å². The summed E-state index contributed by atoms with van der Waals surface area (Å²) in [5, 5.41) is 3.38. The molecule has 0 radical (unpaired) electrons. The molecular formula is C14H22N4O. The Hall–Kier alpha value is -1.62. The standard InChI is InChI=1S/C14H22N4O/c15-8-12(10-4-2-1-3-5-10)18-13-7-6-11(9-17-13)14(16)19/h6-7,9-10,12H,1-5,8,15H2,(H2,16,19)(H,17,18). The van der Waals surface area contributed by atoms with Gasteiger partial charge >= 0.3 is 0 Å². The van der Waals surface area contributed by atoms with Crippen molar-refractivity contribution in [3.63, 3.8) is 0 Å². The van der Waals surface area contributed by atoms with Gasteiger partial charge in [0.2, 0.25) is 5.91 Å². The fraction of sp³-hybridized carbons (Fsp3) is 0.571. The van der Waals surface area contributed by atoms with Crippen molar-refractivity contribution in [3.8, 4) is 0 Å². The zero-order valence-electron chi connectivity index (χ0n) is 11.1. The largest absolute Gasteiger partial charge is 0.366 e. The van der Waals surface area contributed by atoms with Gasteiger partial charge in [-0.15, -0.1) is 0 Å². The number of amides is 1. The molecule has 1 unspecified atom stereocenters. The topological polar surface area (TPSA) is 94.0 Å². The van der Waals surface area contributed by atoms with Gasteiger partial charge in [-0.1, -0.05) is 19.3 Å². The third-order valence-corrected chi connectivity index (χ3v) is 3.85. The van der Waals surface area contributed by atoms with Gasteiger partial charge < -0.3 is 16.8 Å². The molecule has 1 saturated carbocycles. The van der Waals surface area contributed by atoms with Gasteiger partial charge in [0, 0.05) is 18.8 Å². The van der Waals surface area contributed by atoms with Crippen LogP contribution < -0.4 is 16.8 Å². The average Bonchev–Trinajstić information content (AvgIpc) is 2.46. The Labute approximate surface area is 113 Å². The maximum absolute atomic E-state index is 11.0. The third kappa shape index (κ3) is 3.67. The molecule has 1 aliphatic carbocycles. The van der Waals surface area contributed by atoms with Gasteiger partial charge in [0.1, 0.15) is 5.82 Å². The predicted octanol–water partition coefficient (Wildman–Crippen LogP) is 1.50. The molecule has 0 bridgehead atoms. The second kappa shape index (κ2) is 6.52. The molecule has 1 heterocycles. The highest BCUT2D eigenvalue weighted by Gasteiger charge is 2.22. The number of nitrogens with one attached hydrogen (secondary N) is 1. The lowest BCUT2D eigenvalue weighted by Gasteiger charge is -2.30. The molecule has 0 aromatic carbocycles. The highest BCUT2D eigenvalue weighted by Crippen LogP contribution is 2.27. The van der Waals surface area contributed by atoms with Crippen molar-refractivity contribution in [1.82, 2.24) is 4.98 Å². The summed E-state index contributed by atoms with van der Waals surface area (Å²) in [7, 11) is 0. The second-order valence-corrected chi connectivity index (χ2v) is 5.18. The summed E-state index contributed by atoms with van der Waals surface area (Å²) < 4.78 is 0. The van der Waals surface area contributed by atoms with Crippen molar-refractivity contribution in [2.24, 2.45) is 17.4 Å². The minimum atomic E-state index is -0.457. The Balaban J connectivity index is 1.99. The van der Waals surface area contributed by atoms with Crippen LogP contribution >= 0.6 is 0 Å². The minimum absolute atomic E-state index is 0.257. The monoisotopic (exact) mass is 262 g/mol. The van der Waals surface area contributed by atoms with Crippen LogP contribution in [0.4, 0.5) is 5.82 Å². The third-order valence-electron chi connectivity index (χ3n) is 3.85. The first-order chi connectivity index (χ1) is 9.20. The Morgan fingerprint density at radius 2 is 2.11 bits per heavy atom. The summed E-state index contributed by atoms with van der Waals surface area (Å²) in [6, 6.07) is 3.73. The van der Waals surface area contributed by atoms with E-state index >= 15 is 0 Å². The van der Waals surface area contributed by atoms with E-state index in [0.717, 1.165) is 5.82 Å². The summed E-state index contributed by atoms with van der Waals surface area (Å²) in [5.41, 5.74) is 11.5. The van der Waals surface area contributed by atoms with E-state index in [4.69, 9.17) is 11.5 Å². The van der Waals surface area contributed by atoms with Crippen LogP contribution in [0.25, 0.3) is 0 Å². The van der Waals surface area contributed by atoms with E-state index in [9.17, 15) is 4.79 Å². The number of carbonyl (C=O) groups excluding carboxylic acids is 1. The Morgan fingerprint density at radius 1 is 1.37 bits per heavy atom. The van der Waals surface area contributed by atoms with E-state index in [-0.39, 0.29) is 6.04 Å². The van der Waals surface area contributed by atoms with Crippen molar-refractivity contribution in [1.29, 1.82) is 0 Å². The van der Waals surface area contributed by atoms with Gasteiger partial charge in [0.15, 0.2) is 0 Å². The summed E-state index contributed by atoms with van der Waals surface area (Å²) in [5.74, 6) is 0.920. The van der Waals surface area contributed by atoms with Crippen molar-refractivity contribution in [3.05, 3.63) is 23.9 Å². The number of primary amides is 1. The molecule has 0 saturated heterocycles. The van der Waals surface area contributed by atoms with Gasteiger partial charge in [-0.05, 0) is 30.9 Å². The zero-order chi connectivity index (χ0) is 13.7. The number of anilines is 1. The molecule has 19 heavy (non-hydrogen) atoms. The van der Waals surface area contributed by atoms with Crippen LogP contribution in [0.3, 0.4) is 0 Å². The van der Waals surface area contributed by atoms with Crippen molar-refractivity contribution in [2.45, 2.75) is 38.1 Å². The fourth-order valence-electron chi connectivity index (χ4n) is 2.72. The summed E-state index contributed by atoms with van der Waals surface area (Å²) >= 11 is 0. The number of carbonyl (C=O) groups is 1. The lowest BCUT2D eigenvalue weighted by atomic mass is 9.84. The number of pyridine rings is 1. The molecule has 5 heteroatoms. The van der Waals surface area contributed by atoms with Crippen molar-refractivity contribution >= 4 is 11.7 Å².